The highest BCUT2D eigenvalue weighted by molar-refractivity contribution is 5.97. The maximum atomic E-state index is 11.8. The standard InChI is InChI=1S/C16H24O4/c1-3-14-5-7-15(8-6-14)16(17)13-20-10-4-9-19-12-11-18-2/h5-8H,3-4,9-13H2,1-2H3. The third kappa shape index (κ3) is 6.80. The van der Waals surface area contributed by atoms with E-state index in [1.807, 2.05) is 24.3 Å². The first-order valence-corrected chi connectivity index (χ1v) is 7.04. The molecule has 0 aromatic heterocycles. The number of methoxy groups -OCH3 is 1. The van der Waals surface area contributed by atoms with Crippen LogP contribution in [0.4, 0.5) is 0 Å². The first-order valence-electron chi connectivity index (χ1n) is 7.04. The van der Waals surface area contributed by atoms with E-state index in [2.05, 4.69) is 6.92 Å². The Balaban J connectivity index is 2.10. The van der Waals surface area contributed by atoms with Crippen molar-refractivity contribution >= 4 is 5.78 Å². The Hall–Kier alpha value is -1.23. The van der Waals surface area contributed by atoms with Crippen LogP contribution in [-0.4, -0.2) is 45.9 Å². The lowest BCUT2D eigenvalue weighted by Crippen LogP contribution is -2.11. The SMILES string of the molecule is CCc1ccc(C(=O)COCCCOCCOC)cc1. The topological polar surface area (TPSA) is 44.8 Å². The van der Waals surface area contributed by atoms with E-state index in [4.69, 9.17) is 14.2 Å². The number of ketones is 1. The molecule has 4 nitrogen and oxygen atoms in total. The number of aryl methyl sites for hydroxylation is 1. The monoisotopic (exact) mass is 280 g/mol. The Morgan fingerprint density at radius 2 is 1.70 bits per heavy atom. The Morgan fingerprint density at radius 1 is 1.00 bits per heavy atom. The molecule has 1 aromatic carbocycles. The summed E-state index contributed by atoms with van der Waals surface area (Å²) in [6.45, 7) is 4.58. The third-order valence-electron chi connectivity index (χ3n) is 2.93. The van der Waals surface area contributed by atoms with Gasteiger partial charge in [0.15, 0.2) is 5.78 Å². The molecule has 0 spiro atoms. The molecule has 0 atom stereocenters. The molecule has 4 heteroatoms. The van der Waals surface area contributed by atoms with Gasteiger partial charge in [0.05, 0.1) is 13.2 Å². The van der Waals surface area contributed by atoms with Crippen LogP contribution in [-0.2, 0) is 20.6 Å². The summed E-state index contributed by atoms with van der Waals surface area (Å²) < 4.78 is 15.5. The van der Waals surface area contributed by atoms with Crippen LogP contribution in [0.25, 0.3) is 0 Å². The van der Waals surface area contributed by atoms with Crippen LogP contribution in [0.2, 0.25) is 0 Å². The molecule has 20 heavy (non-hydrogen) atoms. The van der Waals surface area contributed by atoms with E-state index >= 15 is 0 Å². The molecule has 0 aliphatic heterocycles. The van der Waals surface area contributed by atoms with E-state index in [-0.39, 0.29) is 12.4 Å². The fraction of sp³-hybridized carbons (Fsp3) is 0.562. The lowest BCUT2D eigenvalue weighted by molar-refractivity contribution is 0.0488. The highest BCUT2D eigenvalue weighted by Crippen LogP contribution is 2.06. The van der Waals surface area contributed by atoms with Gasteiger partial charge in [0, 0.05) is 25.9 Å². The normalized spacial score (nSPS) is 10.7. The maximum absolute atomic E-state index is 11.8. The van der Waals surface area contributed by atoms with Crippen LogP contribution in [0.1, 0.15) is 29.3 Å². The highest BCUT2D eigenvalue weighted by atomic mass is 16.5. The Morgan fingerprint density at radius 3 is 2.35 bits per heavy atom. The molecule has 0 N–H and O–H groups in total. The van der Waals surface area contributed by atoms with Crippen molar-refractivity contribution in [2.75, 3.05) is 40.1 Å². The zero-order valence-electron chi connectivity index (χ0n) is 12.4. The lowest BCUT2D eigenvalue weighted by atomic mass is 10.1. The maximum Gasteiger partial charge on any atom is 0.188 e. The van der Waals surface area contributed by atoms with Crippen LogP contribution in [0.5, 0.6) is 0 Å². The van der Waals surface area contributed by atoms with Crippen LogP contribution >= 0.6 is 0 Å². The van der Waals surface area contributed by atoms with Gasteiger partial charge < -0.3 is 14.2 Å². The first kappa shape index (κ1) is 16.8. The van der Waals surface area contributed by atoms with E-state index in [0.717, 1.165) is 12.8 Å². The zero-order chi connectivity index (χ0) is 14.6. The van der Waals surface area contributed by atoms with E-state index in [9.17, 15) is 4.79 Å². The van der Waals surface area contributed by atoms with Gasteiger partial charge in [0.2, 0.25) is 0 Å². The smallest absolute Gasteiger partial charge is 0.188 e. The molecule has 0 radical (unpaired) electrons. The van der Waals surface area contributed by atoms with Crippen LogP contribution in [0.15, 0.2) is 24.3 Å². The molecule has 0 aliphatic rings. The molecule has 0 amide bonds. The number of ether oxygens (including phenoxy) is 3. The quantitative estimate of drug-likeness (QED) is 0.461. The first-order chi connectivity index (χ1) is 9.77. The number of rotatable bonds is 11. The molecule has 1 rings (SSSR count). The largest absolute Gasteiger partial charge is 0.382 e. The minimum atomic E-state index is 0.0213. The number of Topliss-reactive ketones (excluding diaryl/α,β-unsaturated/α-hetero) is 1. The van der Waals surface area contributed by atoms with Gasteiger partial charge in [0.1, 0.15) is 6.61 Å². The van der Waals surface area contributed by atoms with E-state index in [1.165, 1.54) is 5.56 Å². The van der Waals surface area contributed by atoms with E-state index < -0.39 is 0 Å². The van der Waals surface area contributed by atoms with Gasteiger partial charge in [-0.2, -0.15) is 0 Å². The summed E-state index contributed by atoms with van der Waals surface area (Å²) in [6.07, 6.45) is 1.76. The van der Waals surface area contributed by atoms with Gasteiger partial charge in [-0.3, -0.25) is 4.79 Å². The van der Waals surface area contributed by atoms with Gasteiger partial charge in [-0.1, -0.05) is 31.2 Å². The molecule has 0 unspecified atom stereocenters. The molecular formula is C16H24O4. The Kier molecular flexibility index (Phi) is 8.87. The number of carbonyl (C=O) groups is 1. The van der Waals surface area contributed by atoms with Crippen LogP contribution in [0, 0.1) is 0 Å². The van der Waals surface area contributed by atoms with E-state index in [0.29, 0.717) is 32.0 Å². The van der Waals surface area contributed by atoms with Crippen LogP contribution < -0.4 is 0 Å². The fourth-order valence-corrected chi connectivity index (χ4v) is 1.68. The second-order valence-electron chi connectivity index (χ2n) is 4.48. The number of hydrogen-bond acceptors (Lipinski definition) is 4. The Labute approximate surface area is 121 Å². The minimum absolute atomic E-state index is 0.0213. The van der Waals surface area contributed by atoms with Gasteiger partial charge >= 0.3 is 0 Å². The summed E-state index contributed by atoms with van der Waals surface area (Å²) in [5.41, 5.74) is 1.94. The van der Waals surface area contributed by atoms with Crippen molar-refractivity contribution in [3.8, 4) is 0 Å². The van der Waals surface area contributed by atoms with Gasteiger partial charge in [-0.15, -0.1) is 0 Å². The summed E-state index contributed by atoms with van der Waals surface area (Å²) in [4.78, 5) is 11.8. The van der Waals surface area contributed by atoms with Gasteiger partial charge in [0.25, 0.3) is 0 Å². The second-order valence-corrected chi connectivity index (χ2v) is 4.48. The molecule has 0 heterocycles. The predicted molar refractivity (Wildman–Crippen MR) is 78.3 cm³/mol. The minimum Gasteiger partial charge on any atom is -0.382 e. The van der Waals surface area contributed by atoms with Crippen molar-refractivity contribution in [2.45, 2.75) is 19.8 Å². The van der Waals surface area contributed by atoms with Crippen molar-refractivity contribution in [3.05, 3.63) is 35.4 Å². The van der Waals surface area contributed by atoms with Crippen molar-refractivity contribution in [2.24, 2.45) is 0 Å². The molecule has 112 valence electrons. The van der Waals surface area contributed by atoms with Crippen molar-refractivity contribution in [3.63, 3.8) is 0 Å². The number of carbonyl (C=O) groups excluding carboxylic acids is 1. The summed E-state index contributed by atoms with van der Waals surface area (Å²) in [5, 5.41) is 0. The van der Waals surface area contributed by atoms with Gasteiger partial charge in [-0.05, 0) is 18.4 Å². The summed E-state index contributed by atoms with van der Waals surface area (Å²) in [6, 6.07) is 7.69. The molecule has 0 bridgehead atoms. The third-order valence-corrected chi connectivity index (χ3v) is 2.93. The molecule has 1 aromatic rings. The molecule has 0 fully saturated rings. The zero-order valence-corrected chi connectivity index (χ0v) is 12.4. The summed E-state index contributed by atoms with van der Waals surface area (Å²) in [5.74, 6) is 0.0213. The molecule has 0 saturated heterocycles. The van der Waals surface area contributed by atoms with Crippen molar-refractivity contribution in [1.82, 2.24) is 0 Å². The molecule has 0 aliphatic carbocycles. The summed E-state index contributed by atoms with van der Waals surface area (Å²) in [7, 11) is 1.64. The summed E-state index contributed by atoms with van der Waals surface area (Å²) >= 11 is 0. The predicted octanol–water partition coefficient (Wildman–Crippen LogP) is 2.50. The van der Waals surface area contributed by atoms with Crippen LogP contribution in [0.3, 0.4) is 0 Å². The number of benzene rings is 1. The molecular weight excluding hydrogens is 256 g/mol. The fourth-order valence-electron chi connectivity index (χ4n) is 1.68. The van der Waals surface area contributed by atoms with E-state index in [1.54, 1.807) is 7.11 Å². The Bertz CT molecular complexity index is 373. The van der Waals surface area contributed by atoms with Crippen molar-refractivity contribution in [1.29, 1.82) is 0 Å². The van der Waals surface area contributed by atoms with Crippen molar-refractivity contribution < 1.29 is 19.0 Å². The van der Waals surface area contributed by atoms with Gasteiger partial charge in [-0.25, -0.2) is 0 Å². The second kappa shape index (κ2) is 10.5. The lowest BCUT2D eigenvalue weighted by Gasteiger charge is -2.05. The average molecular weight is 280 g/mol. The average Bonchev–Trinajstić information content (AvgIpc) is 2.50. The number of hydrogen-bond donors (Lipinski definition) is 0. The highest BCUT2D eigenvalue weighted by Gasteiger charge is 2.05. The molecule has 0 saturated carbocycles.